The van der Waals surface area contributed by atoms with E-state index >= 15 is 0 Å². The van der Waals surface area contributed by atoms with Gasteiger partial charge >= 0.3 is 0 Å². The van der Waals surface area contributed by atoms with E-state index in [1.165, 1.54) is 4.21 Å². The van der Waals surface area contributed by atoms with E-state index in [1.807, 2.05) is 24.4 Å². The van der Waals surface area contributed by atoms with Gasteiger partial charge in [0.25, 0.3) is 0 Å². The fraction of sp³-hybridized carbons (Fsp3) is 0.444. The van der Waals surface area contributed by atoms with Crippen LogP contribution >= 0.6 is 23.1 Å². The second-order valence-corrected chi connectivity index (χ2v) is 5.39. The maximum absolute atomic E-state index is 11.2. The minimum Gasteiger partial charge on any atom is -0.368 e. The summed E-state index contributed by atoms with van der Waals surface area (Å²) in [7, 11) is 1.75. The highest BCUT2D eigenvalue weighted by atomic mass is 32.2. The number of hydrogen-bond donors (Lipinski definition) is 2. The summed E-state index contributed by atoms with van der Waals surface area (Å²) in [6.45, 7) is 1.82. The van der Waals surface area contributed by atoms with Crippen molar-refractivity contribution in [3.63, 3.8) is 0 Å². The highest BCUT2D eigenvalue weighted by molar-refractivity contribution is 8.01. The fourth-order valence-electron chi connectivity index (χ4n) is 0.828. The minimum atomic E-state index is -0.630. The Labute approximate surface area is 92.1 Å². The van der Waals surface area contributed by atoms with E-state index in [0.717, 1.165) is 0 Å². The molecule has 0 aliphatic heterocycles. The third kappa shape index (κ3) is 2.73. The zero-order valence-electron chi connectivity index (χ0n) is 8.24. The number of primary amides is 1. The molecule has 1 rings (SSSR count). The van der Waals surface area contributed by atoms with E-state index in [2.05, 4.69) is 5.32 Å². The monoisotopic (exact) mass is 230 g/mol. The summed E-state index contributed by atoms with van der Waals surface area (Å²) in [6.07, 6.45) is 0. The fourth-order valence-corrected chi connectivity index (χ4v) is 2.78. The quantitative estimate of drug-likeness (QED) is 0.750. The molecule has 3 N–H and O–H groups in total. The molecule has 1 heterocycles. The first-order chi connectivity index (χ1) is 6.58. The highest BCUT2D eigenvalue weighted by Crippen LogP contribution is 2.26. The van der Waals surface area contributed by atoms with Crippen LogP contribution in [0.25, 0.3) is 0 Å². The third-order valence-corrected chi connectivity index (χ3v) is 4.54. The summed E-state index contributed by atoms with van der Waals surface area (Å²) in [4.78, 5) is 11.2. The summed E-state index contributed by atoms with van der Waals surface area (Å²) < 4.78 is 1.20. The van der Waals surface area contributed by atoms with Crippen molar-refractivity contribution < 1.29 is 4.79 Å². The van der Waals surface area contributed by atoms with Crippen LogP contribution in [-0.2, 0) is 4.79 Å². The lowest BCUT2D eigenvalue weighted by Gasteiger charge is -2.24. The van der Waals surface area contributed by atoms with Gasteiger partial charge in [-0.15, -0.1) is 23.1 Å². The Morgan fingerprint density at radius 2 is 2.50 bits per heavy atom. The second kappa shape index (κ2) is 4.82. The third-order valence-electron chi connectivity index (χ3n) is 2.09. The molecule has 0 aromatic carbocycles. The van der Waals surface area contributed by atoms with Crippen LogP contribution in [0.3, 0.4) is 0 Å². The Kier molecular flexibility index (Phi) is 3.97. The van der Waals surface area contributed by atoms with Crippen LogP contribution in [0.2, 0.25) is 0 Å². The lowest BCUT2D eigenvalue weighted by Crippen LogP contribution is -2.53. The van der Waals surface area contributed by atoms with E-state index in [4.69, 9.17) is 5.73 Å². The van der Waals surface area contributed by atoms with Crippen LogP contribution in [-0.4, -0.2) is 24.2 Å². The van der Waals surface area contributed by atoms with Gasteiger partial charge in [-0.05, 0) is 25.4 Å². The van der Waals surface area contributed by atoms with Gasteiger partial charge in [-0.2, -0.15) is 0 Å². The average Bonchev–Trinajstić information content (AvgIpc) is 2.66. The Hall–Kier alpha value is -0.520. The molecule has 0 aliphatic carbocycles. The molecular weight excluding hydrogens is 216 g/mol. The molecule has 1 aromatic heterocycles. The molecule has 78 valence electrons. The van der Waals surface area contributed by atoms with E-state index in [1.54, 1.807) is 30.1 Å². The molecule has 14 heavy (non-hydrogen) atoms. The average molecular weight is 230 g/mol. The van der Waals surface area contributed by atoms with Gasteiger partial charge in [0.15, 0.2) is 0 Å². The van der Waals surface area contributed by atoms with Crippen molar-refractivity contribution in [2.75, 3.05) is 12.8 Å². The Morgan fingerprint density at radius 3 is 2.93 bits per heavy atom. The first-order valence-corrected chi connectivity index (χ1v) is 6.10. The summed E-state index contributed by atoms with van der Waals surface area (Å²) in [5.74, 6) is 0.336. The molecule has 1 unspecified atom stereocenters. The van der Waals surface area contributed by atoms with Gasteiger partial charge in [0.05, 0.1) is 4.21 Å². The lowest BCUT2D eigenvalue weighted by atomic mass is 10.1. The zero-order valence-corrected chi connectivity index (χ0v) is 9.87. The largest absolute Gasteiger partial charge is 0.368 e. The molecule has 1 amide bonds. The Morgan fingerprint density at radius 1 is 1.79 bits per heavy atom. The number of amides is 1. The topological polar surface area (TPSA) is 55.1 Å². The second-order valence-electron chi connectivity index (χ2n) is 3.17. The van der Waals surface area contributed by atoms with Crippen LogP contribution in [0.1, 0.15) is 6.92 Å². The van der Waals surface area contributed by atoms with E-state index in [0.29, 0.717) is 5.75 Å². The molecule has 1 atom stereocenters. The van der Waals surface area contributed by atoms with Crippen LogP contribution in [0.4, 0.5) is 0 Å². The standard InChI is InChI=1S/C9H14N2OS2/c1-9(11-2,8(10)12)6-14-7-4-3-5-13-7/h3-5,11H,6H2,1-2H3,(H2,10,12). The van der Waals surface area contributed by atoms with Crippen molar-refractivity contribution in [2.24, 2.45) is 5.73 Å². The molecule has 0 saturated heterocycles. The first-order valence-electron chi connectivity index (χ1n) is 4.23. The molecule has 3 nitrogen and oxygen atoms in total. The van der Waals surface area contributed by atoms with Crippen molar-refractivity contribution in [1.29, 1.82) is 0 Å². The maximum Gasteiger partial charge on any atom is 0.238 e. The SMILES string of the molecule is CNC(C)(CSc1cccs1)C(N)=O. The van der Waals surface area contributed by atoms with Crippen LogP contribution in [0.5, 0.6) is 0 Å². The number of nitrogens with one attached hydrogen (secondary N) is 1. The van der Waals surface area contributed by atoms with Crippen molar-refractivity contribution >= 4 is 29.0 Å². The van der Waals surface area contributed by atoms with Gasteiger partial charge in [-0.1, -0.05) is 6.07 Å². The number of nitrogens with two attached hydrogens (primary N) is 1. The molecule has 0 radical (unpaired) electrons. The number of rotatable bonds is 5. The number of hydrogen-bond acceptors (Lipinski definition) is 4. The normalized spacial score (nSPS) is 15.0. The van der Waals surface area contributed by atoms with Gasteiger partial charge in [-0.25, -0.2) is 0 Å². The number of thiophene rings is 1. The summed E-state index contributed by atoms with van der Waals surface area (Å²) in [5.41, 5.74) is 4.68. The lowest BCUT2D eigenvalue weighted by molar-refractivity contribution is -0.122. The van der Waals surface area contributed by atoms with Crippen molar-refractivity contribution in [2.45, 2.75) is 16.7 Å². The van der Waals surface area contributed by atoms with E-state index in [-0.39, 0.29) is 5.91 Å². The molecular formula is C9H14N2OS2. The molecule has 0 bridgehead atoms. The molecule has 0 aliphatic rings. The zero-order chi connectivity index (χ0) is 10.6. The summed E-state index contributed by atoms with van der Waals surface area (Å²) in [6, 6.07) is 4.03. The number of thioether (sulfide) groups is 1. The van der Waals surface area contributed by atoms with E-state index < -0.39 is 5.54 Å². The molecule has 0 spiro atoms. The predicted octanol–water partition coefficient (Wildman–Crippen LogP) is 1.30. The van der Waals surface area contributed by atoms with Gasteiger partial charge in [0, 0.05) is 5.75 Å². The van der Waals surface area contributed by atoms with Crippen molar-refractivity contribution in [3.05, 3.63) is 17.5 Å². The van der Waals surface area contributed by atoms with Crippen LogP contribution in [0, 0.1) is 0 Å². The smallest absolute Gasteiger partial charge is 0.238 e. The minimum absolute atomic E-state index is 0.316. The van der Waals surface area contributed by atoms with Gasteiger partial charge < -0.3 is 11.1 Å². The van der Waals surface area contributed by atoms with Gasteiger partial charge in [0.1, 0.15) is 5.54 Å². The molecule has 5 heteroatoms. The summed E-state index contributed by atoms with van der Waals surface area (Å²) >= 11 is 3.31. The first kappa shape index (κ1) is 11.6. The van der Waals surface area contributed by atoms with Gasteiger partial charge in [-0.3, -0.25) is 4.79 Å². The highest BCUT2D eigenvalue weighted by Gasteiger charge is 2.28. The predicted molar refractivity (Wildman–Crippen MR) is 61.7 cm³/mol. The molecule has 0 saturated carbocycles. The number of likely N-dealkylation sites (N-methyl/N-ethyl adjacent to an activating group) is 1. The maximum atomic E-state index is 11.2. The number of carbonyl (C=O) groups excluding carboxylic acids is 1. The van der Waals surface area contributed by atoms with Crippen molar-refractivity contribution in [1.82, 2.24) is 5.32 Å². The van der Waals surface area contributed by atoms with Crippen LogP contribution < -0.4 is 11.1 Å². The summed E-state index contributed by atoms with van der Waals surface area (Å²) in [5, 5.41) is 4.97. The van der Waals surface area contributed by atoms with Gasteiger partial charge in [0.2, 0.25) is 5.91 Å². The molecule has 0 fully saturated rings. The van der Waals surface area contributed by atoms with Crippen molar-refractivity contribution in [3.8, 4) is 0 Å². The number of carbonyl (C=O) groups is 1. The van der Waals surface area contributed by atoms with E-state index in [9.17, 15) is 4.79 Å². The van der Waals surface area contributed by atoms with Crippen LogP contribution in [0.15, 0.2) is 21.7 Å². The molecule has 1 aromatic rings. The Balaban J connectivity index is 2.54. The Bertz CT molecular complexity index is 300.